The third-order valence-electron chi connectivity index (χ3n) is 4.23. The van der Waals surface area contributed by atoms with Gasteiger partial charge in [-0.25, -0.2) is 4.99 Å². The Bertz CT molecular complexity index is 662. The van der Waals surface area contributed by atoms with Crippen molar-refractivity contribution in [2.24, 2.45) is 4.99 Å². The number of benzene rings is 2. The van der Waals surface area contributed by atoms with E-state index < -0.39 is 0 Å². The first-order valence-electron chi connectivity index (χ1n) is 9.38. The molecule has 4 nitrogen and oxygen atoms in total. The van der Waals surface area contributed by atoms with Gasteiger partial charge in [-0.15, -0.1) is 0 Å². The molecule has 4 heteroatoms. The molecule has 0 amide bonds. The van der Waals surface area contributed by atoms with Crippen LogP contribution in [0.25, 0.3) is 0 Å². The van der Waals surface area contributed by atoms with Gasteiger partial charge in [0, 0.05) is 19.6 Å². The monoisotopic (exact) mass is 352 g/mol. The van der Waals surface area contributed by atoms with E-state index in [1.54, 1.807) is 0 Å². The molecule has 0 aliphatic heterocycles. The molecule has 26 heavy (non-hydrogen) atoms. The fourth-order valence-corrected chi connectivity index (χ4v) is 2.78. The van der Waals surface area contributed by atoms with Crippen LogP contribution in [-0.2, 0) is 13.1 Å². The van der Waals surface area contributed by atoms with E-state index in [1.165, 1.54) is 16.7 Å². The minimum Gasteiger partial charge on any atom is -0.357 e. The zero-order valence-electron chi connectivity index (χ0n) is 16.5. The molecule has 1 atom stereocenters. The number of hydrogen-bond donors (Lipinski definition) is 2. The maximum atomic E-state index is 4.72. The first-order chi connectivity index (χ1) is 12.6. The van der Waals surface area contributed by atoms with E-state index in [2.05, 4.69) is 98.1 Å². The van der Waals surface area contributed by atoms with Crippen molar-refractivity contribution >= 4 is 5.96 Å². The maximum absolute atomic E-state index is 4.72. The Labute approximate surface area is 158 Å². The summed E-state index contributed by atoms with van der Waals surface area (Å²) < 4.78 is 0. The summed E-state index contributed by atoms with van der Waals surface area (Å²) in [4.78, 5) is 6.90. The van der Waals surface area contributed by atoms with Crippen LogP contribution in [0, 0.1) is 0 Å². The summed E-state index contributed by atoms with van der Waals surface area (Å²) in [6.45, 7) is 7.68. The third kappa shape index (κ3) is 6.89. The number of rotatable bonds is 8. The predicted molar refractivity (Wildman–Crippen MR) is 112 cm³/mol. The molecule has 0 aromatic heterocycles. The zero-order chi connectivity index (χ0) is 18.8. The lowest BCUT2D eigenvalue weighted by atomic mass is 10.0. The predicted octanol–water partition coefficient (Wildman–Crippen LogP) is 3.61. The molecule has 0 bridgehead atoms. The van der Waals surface area contributed by atoms with Crippen LogP contribution < -0.4 is 10.6 Å². The first kappa shape index (κ1) is 20.0. The van der Waals surface area contributed by atoms with Crippen LogP contribution in [0.2, 0.25) is 0 Å². The van der Waals surface area contributed by atoms with Crippen molar-refractivity contribution in [3.05, 3.63) is 71.3 Å². The largest absolute Gasteiger partial charge is 0.357 e. The van der Waals surface area contributed by atoms with Crippen LogP contribution in [0.15, 0.2) is 59.6 Å². The van der Waals surface area contributed by atoms with Crippen LogP contribution in [0.3, 0.4) is 0 Å². The summed E-state index contributed by atoms with van der Waals surface area (Å²) in [6.07, 6.45) is 0. The SMILES string of the molecule is CCNC(=NCc1ccc(CN(C)C)cc1)NCC(C)c1ccccc1. The van der Waals surface area contributed by atoms with Gasteiger partial charge in [-0.2, -0.15) is 0 Å². The van der Waals surface area contributed by atoms with Gasteiger partial charge in [-0.1, -0.05) is 61.5 Å². The molecule has 2 rings (SSSR count). The van der Waals surface area contributed by atoms with Gasteiger partial charge >= 0.3 is 0 Å². The summed E-state index contributed by atoms with van der Waals surface area (Å²) >= 11 is 0. The van der Waals surface area contributed by atoms with Crippen LogP contribution in [0.1, 0.15) is 36.5 Å². The second-order valence-electron chi connectivity index (χ2n) is 6.94. The Kier molecular flexibility index (Phi) is 8.16. The van der Waals surface area contributed by atoms with Gasteiger partial charge < -0.3 is 15.5 Å². The molecule has 0 heterocycles. The van der Waals surface area contributed by atoms with Crippen molar-refractivity contribution in [1.29, 1.82) is 0 Å². The van der Waals surface area contributed by atoms with Crippen molar-refractivity contribution in [2.45, 2.75) is 32.9 Å². The fourth-order valence-electron chi connectivity index (χ4n) is 2.78. The van der Waals surface area contributed by atoms with Gasteiger partial charge in [0.15, 0.2) is 5.96 Å². The van der Waals surface area contributed by atoms with E-state index in [0.29, 0.717) is 12.5 Å². The average Bonchev–Trinajstić information content (AvgIpc) is 2.65. The van der Waals surface area contributed by atoms with E-state index in [-0.39, 0.29) is 0 Å². The second-order valence-corrected chi connectivity index (χ2v) is 6.94. The smallest absolute Gasteiger partial charge is 0.191 e. The molecule has 0 radical (unpaired) electrons. The summed E-state index contributed by atoms with van der Waals surface area (Å²) in [5, 5.41) is 6.79. The molecule has 0 saturated carbocycles. The normalized spacial score (nSPS) is 12.9. The number of nitrogens with one attached hydrogen (secondary N) is 2. The second kappa shape index (κ2) is 10.6. The average molecular weight is 353 g/mol. The van der Waals surface area contributed by atoms with E-state index in [4.69, 9.17) is 4.99 Å². The van der Waals surface area contributed by atoms with E-state index in [9.17, 15) is 0 Å². The standard InChI is InChI=1S/C22H32N4/c1-5-23-22(24-15-18(2)21-9-7-6-8-10-21)25-16-19-11-13-20(14-12-19)17-26(3)4/h6-14,18H,5,15-17H2,1-4H3,(H2,23,24,25). The summed E-state index contributed by atoms with van der Waals surface area (Å²) in [7, 11) is 4.17. The number of aliphatic imine (C=N–C) groups is 1. The number of guanidine groups is 1. The Morgan fingerprint density at radius 2 is 1.62 bits per heavy atom. The molecule has 2 N–H and O–H groups in total. The lowest BCUT2D eigenvalue weighted by molar-refractivity contribution is 0.402. The molecule has 2 aromatic rings. The lowest BCUT2D eigenvalue weighted by Crippen LogP contribution is -2.39. The van der Waals surface area contributed by atoms with Gasteiger partial charge in [-0.3, -0.25) is 0 Å². The Morgan fingerprint density at radius 3 is 2.23 bits per heavy atom. The van der Waals surface area contributed by atoms with Crippen LogP contribution in [0.4, 0.5) is 0 Å². The molecule has 1 unspecified atom stereocenters. The minimum atomic E-state index is 0.436. The van der Waals surface area contributed by atoms with Gasteiger partial charge in [0.2, 0.25) is 0 Å². The Hall–Kier alpha value is -2.33. The Morgan fingerprint density at radius 1 is 0.962 bits per heavy atom. The molecular formula is C22H32N4. The molecular weight excluding hydrogens is 320 g/mol. The van der Waals surface area contributed by atoms with Gasteiger partial charge in [0.1, 0.15) is 0 Å². The summed E-state index contributed by atoms with van der Waals surface area (Å²) in [6, 6.07) is 19.3. The molecule has 0 saturated heterocycles. The van der Waals surface area contributed by atoms with E-state index in [1.807, 2.05) is 0 Å². The van der Waals surface area contributed by atoms with Crippen LogP contribution >= 0.6 is 0 Å². The van der Waals surface area contributed by atoms with Gasteiger partial charge in [0.05, 0.1) is 6.54 Å². The molecule has 140 valence electrons. The van der Waals surface area contributed by atoms with Crippen molar-refractivity contribution in [2.75, 3.05) is 27.2 Å². The number of nitrogens with zero attached hydrogens (tertiary/aromatic N) is 2. The van der Waals surface area contributed by atoms with Crippen molar-refractivity contribution in [3.63, 3.8) is 0 Å². The van der Waals surface area contributed by atoms with Gasteiger partial charge in [0.25, 0.3) is 0 Å². The first-order valence-corrected chi connectivity index (χ1v) is 9.38. The highest BCUT2D eigenvalue weighted by Crippen LogP contribution is 2.13. The molecule has 0 spiro atoms. The van der Waals surface area contributed by atoms with Crippen molar-refractivity contribution in [1.82, 2.24) is 15.5 Å². The quantitative estimate of drug-likeness (QED) is 0.563. The third-order valence-corrected chi connectivity index (χ3v) is 4.23. The minimum absolute atomic E-state index is 0.436. The molecule has 2 aromatic carbocycles. The summed E-state index contributed by atoms with van der Waals surface area (Å²) in [5.41, 5.74) is 3.89. The maximum Gasteiger partial charge on any atom is 0.191 e. The Balaban J connectivity index is 1.91. The number of hydrogen-bond acceptors (Lipinski definition) is 2. The molecule has 0 aliphatic carbocycles. The fraction of sp³-hybridized carbons (Fsp3) is 0.409. The van der Waals surface area contributed by atoms with Crippen molar-refractivity contribution < 1.29 is 0 Å². The van der Waals surface area contributed by atoms with Crippen LogP contribution in [0.5, 0.6) is 0 Å². The van der Waals surface area contributed by atoms with Crippen LogP contribution in [-0.4, -0.2) is 38.0 Å². The zero-order valence-corrected chi connectivity index (χ0v) is 16.5. The highest BCUT2D eigenvalue weighted by molar-refractivity contribution is 5.79. The van der Waals surface area contributed by atoms with Crippen molar-refractivity contribution in [3.8, 4) is 0 Å². The highest BCUT2D eigenvalue weighted by atomic mass is 15.2. The highest BCUT2D eigenvalue weighted by Gasteiger charge is 2.06. The molecule has 0 fully saturated rings. The summed E-state index contributed by atoms with van der Waals surface area (Å²) in [5.74, 6) is 1.30. The van der Waals surface area contributed by atoms with E-state index in [0.717, 1.165) is 25.6 Å². The van der Waals surface area contributed by atoms with Gasteiger partial charge in [-0.05, 0) is 43.6 Å². The lowest BCUT2D eigenvalue weighted by Gasteiger charge is -2.16. The molecule has 0 aliphatic rings. The topological polar surface area (TPSA) is 39.7 Å². The van der Waals surface area contributed by atoms with E-state index >= 15 is 0 Å².